The lowest BCUT2D eigenvalue weighted by Crippen LogP contribution is -2.66. The second kappa shape index (κ2) is 13.2. The summed E-state index contributed by atoms with van der Waals surface area (Å²) in [5.41, 5.74) is 3.33. The first-order valence-electron chi connectivity index (χ1n) is 17.9. The number of carbonyl (C=O) groups is 1. The van der Waals surface area contributed by atoms with Gasteiger partial charge in [-0.3, -0.25) is 0 Å². The predicted octanol–water partition coefficient (Wildman–Crippen LogP) is 9.66. The fourth-order valence-electron chi connectivity index (χ4n) is 10.9. The first kappa shape index (κ1) is 34.9. The summed E-state index contributed by atoms with van der Waals surface area (Å²) in [6.07, 6.45) is 14.1. The number of hydrogen-bond acceptors (Lipinski definition) is 3. The second-order valence-corrected chi connectivity index (χ2v) is 21.3. The highest BCUT2D eigenvalue weighted by Gasteiger charge is 2.60. The molecule has 0 unspecified atom stereocenters. The molecule has 0 radical (unpaired) electrons. The molecular weight excluding hydrogens is 581 g/mol. The van der Waals surface area contributed by atoms with Crippen LogP contribution in [0.3, 0.4) is 0 Å². The van der Waals surface area contributed by atoms with Crippen LogP contribution in [0.4, 0.5) is 0 Å². The van der Waals surface area contributed by atoms with Crippen molar-refractivity contribution in [2.75, 3.05) is 13.7 Å². The molecule has 2 aromatic carbocycles. The Balaban J connectivity index is 1.41. The molecule has 5 rings (SSSR count). The summed E-state index contributed by atoms with van der Waals surface area (Å²) < 4.78 is 12.5. The van der Waals surface area contributed by atoms with Crippen LogP contribution in [0.15, 0.2) is 84.0 Å². The average Bonchev–Trinajstić information content (AvgIpc) is 3.01. The smallest absolute Gasteiger partial charge is 0.333 e. The topological polar surface area (TPSA) is 35.5 Å². The quantitative estimate of drug-likeness (QED) is 0.119. The van der Waals surface area contributed by atoms with Crippen LogP contribution >= 0.6 is 0 Å². The third-order valence-electron chi connectivity index (χ3n) is 13.1. The van der Waals surface area contributed by atoms with Gasteiger partial charge in [-0.25, -0.2) is 4.79 Å². The summed E-state index contributed by atoms with van der Waals surface area (Å²) >= 11 is 0. The number of fused-ring (bicyclic) bond motifs is 3. The molecule has 4 heteroatoms. The van der Waals surface area contributed by atoms with E-state index in [0.29, 0.717) is 35.7 Å². The van der Waals surface area contributed by atoms with E-state index in [4.69, 9.17) is 9.16 Å². The van der Waals surface area contributed by atoms with E-state index in [1.165, 1.54) is 61.6 Å². The first-order valence-corrected chi connectivity index (χ1v) is 19.8. The minimum atomic E-state index is -2.71. The predicted molar refractivity (Wildman–Crippen MR) is 195 cm³/mol. The van der Waals surface area contributed by atoms with E-state index in [-0.39, 0.29) is 16.4 Å². The van der Waals surface area contributed by atoms with Gasteiger partial charge in [-0.15, -0.1) is 0 Å². The van der Waals surface area contributed by atoms with Crippen molar-refractivity contribution in [3.05, 3.63) is 84.0 Å². The minimum Gasteiger partial charge on any atom is -0.466 e. The highest BCUT2D eigenvalue weighted by molar-refractivity contribution is 6.99. The van der Waals surface area contributed by atoms with E-state index in [1.54, 1.807) is 0 Å². The molecule has 0 aliphatic heterocycles. The van der Waals surface area contributed by atoms with Crippen LogP contribution in [0.25, 0.3) is 0 Å². The highest BCUT2D eigenvalue weighted by atomic mass is 28.4. The molecule has 5 atom stereocenters. The van der Waals surface area contributed by atoms with E-state index in [1.807, 2.05) is 6.08 Å². The van der Waals surface area contributed by atoms with Crippen LogP contribution in [0.5, 0.6) is 0 Å². The average molecular weight is 641 g/mol. The van der Waals surface area contributed by atoms with Crippen LogP contribution in [0.2, 0.25) is 5.04 Å². The molecule has 0 heterocycles. The molecule has 2 fully saturated rings. The zero-order valence-electron chi connectivity index (χ0n) is 30.2. The Morgan fingerprint density at radius 1 is 0.891 bits per heavy atom. The van der Waals surface area contributed by atoms with Gasteiger partial charge in [0.2, 0.25) is 0 Å². The van der Waals surface area contributed by atoms with Crippen LogP contribution in [0, 0.1) is 34.0 Å². The standard InChI is InChI=1S/C42H60O3Si/c1-31-21-24-37-41(7,29-25-36-40(5,6)27-16-28-42(36,37)8)35(31)23-22-32(38(43)44-9)26-30-45-46(39(2,3)4,33-17-12-10-13-18-33)34-19-14-11-15-20-34/h10-15,17-21,26,35-37H,16,22-25,27-30H2,1-9H3/b32-26+/t35-,36+,37+,41+,42+/m0/s1. The van der Waals surface area contributed by atoms with Gasteiger partial charge in [-0.2, -0.15) is 0 Å². The number of benzene rings is 2. The lowest BCUT2D eigenvalue weighted by Gasteiger charge is -2.65. The van der Waals surface area contributed by atoms with Gasteiger partial charge in [0.15, 0.2) is 0 Å². The summed E-state index contributed by atoms with van der Waals surface area (Å²) in [6.45, 7) is 19.9. The third kappa shape index (κ3) is 6.14. The molecule has 0 amide bonds. The van der Waals surface area contributed by atoms with Crippen molar-refractivity contribution in [1.82, 2.24) is 0 Å². The number of methoxy groups -OCH3 is 1. The van der Waals surface area contributed by atoms with Crippen LogP contribution < -0.4 is 10.4 Å². The summed E-state index contributed by atoms with van der Waals surface area (Å²) in [5, 5.41) is 2.38. The first-order chi connectivity index (χ1) is 21.7. The lowest BCUT2D eigenvalue weighted by molar-refractivity contribution is -0.146. The molecule has 2 aromatic rings. The highest BCUT2D eigenvalue weighted by Crippen LogP contribution is 2.68. The molecule has 0 N–H and O–H groups in total. The van der Waals surface area contributed by atoms with Gasteiger partial charge in [-0.05, 0) is 107 Å². The Morgan fingerprint density at radius 2 is 1.50 bits per heavy atom. The zero-order chi connectivity index (χ0) is 33.4. The molecule has 3 aliphatic carbocycles. The zero-order valence-corrected chi connectivity index (χ0v) is 31.2. The van der Waals surface area contributed by atoms with Crippen molar-refractivity contribution in [2.45, 2.75) is 112 Å². The van der Waals surface area contributed by atoms with Gasteiger partial charge in [0.1, 0.15) is 0 Å². The number of allylic oxidation sites excluding steroid dienone is 2. The molecule has 0 bridgehead atoms. The fraction of sp³-hybridized carbons (Fsp3) is 0.595. The molecular formula is C42H60O3Si. The van der Waals surface area contributed by atoms with Gasteiger partial charge in [-0.1, -0.05) is 127 Å². The van der Waals surface area contributed by atoms with E-state index in [0.717, 1.165) is 17.9 Å². The molecule has 0 saturated heterocycles. The molecule has 0 aromatic heterocycles. The minimum absolute atomic E-state index is 0.120. The van der Waals surface area contributed by atoms with Crippen molar-refractivity contribution in [1.29, 1.82) is 0 Å². The van der Waals surface area contributed by atoms with Crippen LogP contribution in [-0.4, -0.2) is 28.0 Å². The molecule has 3 aliphatic rings. The summed E-state index contributed by atoms with van der Waals surface area (Å²) in [7, 11) is -1.20. The van der Waals surface area contributed by atoms with E-state index in [9.17, 15) is 4.79 Å². The summed E-state index contributed by atoms with van der Waals surface area (Å²) in [4.78, 5) is 13.3. The lowest BCUT2D eigenvalue weighted by atomic mass is 9.39. The van der Waals surface area contributed by atoms with Crippen molar-refractivity contribution >= 4 is 24.7 Å². The van der Waals surface area contributed by atoms with E-state index in [2.05, 4.69) is 122 Å². The van der Waals surface area contributed by atoms with E-state index < -0.39 is 8.32 Å². The van der Waals surface area contributed by atoms with Gasteiger partial charge >= 0.3 is 5.97 Å². The number of carbonyl (C=O) groups excluding carboxylic acids is 1. The number of ether oxygens (including phenoxy) is 1. The van der Waals surface area contributed by atoms with Crippen LogP contribution in [0.1, 0.15) is 107 Å². The number of rotatable bonds is 9. The maximum atomic E-state index is 13.3. The SMILES string of the molecule is COC(=O)/C(=C/CO[Si](c1ccccc1)(c1ccccc1)C(C)(C)C)CC[C@H]1C(C)=CC[C@H]2[C@]3(C)CCCC(C)(C)[C@H]3CC[C@@]21C. The van der Waals surface area contributed by atoms with Crippen LogP contribution in [-0.2, 0) is 14.0 Å². The maximum Gasteiger partial charge on any atom is 0.333 e. The monoisotopic (exact) mass is 640 g/mol. The Labute approximate surface area is 281 Å². The number of esters is 1. The third-order valence-corrected chi connectivity index (χ3v) is 18.1. The molecule has 0 spiro atoms. The van der Waals surface area contributed by atoms with Gasteiger partial charge in [0, 0.05) is 5.57 Å². The Bertz CT molecular complexity index is 1380. The van der Waals surface area contributed by atoms with Gasteiger partial charge in [0.25, 0.3) is 8.32 Å². The molecule has 250 valence electrons. The maximum absolute atomic E-state index is 13.3. The molecule has 3 nitrogen and oxygen atoms in total. The van der Waals surface area contributed by atoms with Gasteiger partial charge < -0.3 is 9.16 Å². The number of hydrogen-bond donors (Lipinski definition) is 0. The fourth-order valence-corrected chi connectivity index (χ4v) is 15.4. The molecule has 2 saturated carbocycles. The Hall–Kier alpha value is -2.43. The van der Waals surface area contributed by atoms with Gasteiger partial charge in [0.05, 0.1) is 13.7 Å². The molecule has 46 heavy (non-hydrogen) atoms. The van der Waals surface area contributed by atoms with Crippen molar-refractivity contribution < 1.29 is 14.0 Å². The summed E-state index contributed by atoms with van der Waals surface area (Å²) in [6, 6.07) is 21.5. The van der Waals surface area contributed by atoms with Crippen molar-refractivity contribution in [3.8, 4) is 0 Å². The Kier molecular flexibility index (Phi) is 10.0. The van der Waals surface area contributed by atoms with Crippen molar-refractivity contribution in [3.63, 3.8) is 0 Å². The summed E-state index contributed by atoms with van der Waals surface area (Å²) in [5.74, 6) is 1.73. The largest absolute Gasteiger partial charge is 0.466 e. The van der Waals surface area contributed by atoms with E-state index >= 15 is 0 Å². The van der Waals surface area contributed by atoms with Crippen molar-refractivity contribution in [2.24, 2.45) is 34.0 Å². The Morgan fingerprint density at radius 3 is 2.07 bits per heavy atom. The normalized spacial score (nSPS) is 29.7. The second-order valence-electron chi connectivity index (χ2n) is 17.0.